The number of para-hydroxylation sites is 4. The van der Waals surface area contributed by atoms with E-state index in [4.69, 9.17) is 9.47 Å². The Morgan fingerprint density at radius 1 is 0.735 bits per heavy atom. The van der Waals surface area contributed by atoms with Crippen LogP contribution in [0.3, 0.4) is 0 Å². The molecule has 184 valence electrons. The Balaban J connectivity index is 1.36. The zero-order chi connectivity index (χ0) is 24.5. The Kier molecular flexibility index (Phi) is 9.10. The molecule has 0 amide bonds. The van der Waals surface area contributed by atoms with Crippen LogP contribution in [0, 0.1) is 20.2 Å². The van der Waals surface area contributed by atoms with Crippen molar-refractivity contribution in [3.8, 4) is 11.5 Å². The van der Waals surface area contributed by atoms with Gasteiger partial charge in [-0.1, -0.05) is 24.3 Å². The number of aliphatic hydroxyl groups excluding tert-OH is 2. The highest BCUT2D eigenvalue weighted by Crippen LogP contribution is 2.26. The third-order valence-corrected chi connectivity index (χ3v) is 5.39. The number of hydrogen-bond acceptors (Lipinski definition) is 10. The third-order valence-electron chi connectivity index (χ3n) is 5.39. The number of β-amino-alcohol motifs (C(OH)–C–C–N with tert-alkyl or cyclic N) is 2. The second-order valence-corrected chi connectivity index (χ2v) is 7.98. The lowest BCUT2D eigenvalue weighted by Crippen LogP contribution is -2.51. The molecule has 1 saturated heterocycles. The van der Waals surface area contributed by atoms with Crippen molar-refractivity contribution in [3.63, 3.8) is 0 Å². The molecule has 1 aliphatic heterocycles. The summed E-state index contributed by atoms with van der Waals surface area (Å²) in [5.41, 5.74) is -0.291. The quantitative estimate of drug-likeness (QED) is 0.339. The van der Waals surface area contributed by atoms with Gasteiger partial charge in [0, 0.05) is 51.4 Å². The summed E-state index contributed by atoms with van der Waals surface area (Å²) in [6, 6.07) is 12.1. The van der Waals surface area contributed by atoms with Crippen molar-refractivity contribution < 1.29 is 29.5 Å². The van der Waals surface area contributed by atoms with Gasteiger partial charge in [-0.25, -0.2) is 0 Å². The molecule has 3 rings (SSSR count). The molecule has 0 spiro atoms. The van der Waals surface area contributed by atoms with Crippen LogP contribution >= 0.6 is 0 Å². The second-order valence-electron chi connectivity index (χ2n) is 7.98. The number of nitro benzene ring substituents is 2. The van der Waals surface area contributed by atoms with E-state index >= 15 is 0 Å². The van der Waals surface area contributed by atoms with Crippen LogP contribution in [0.1, 0.15) is 0 Å². The average molecular weight is 476 g/mol. The standard InChI is InChI=1S/C22H28N4O8/c27-17(15-33-21-7-3-1-5-19(21)25(29)30)13-23-9-11-24(12-10-23)14-18(28)16-34-22-8-4-2-6-20(22)26(31)32/h1-8,17-18,27-28H,9-16H2/t17-,18-/m0/s1. The zero-order valence-corrected chi connectivity index (χ0v) is 18.6. The number of aliphatic hydroxyl groups is 2. The van der Waals surface area contributed by atoms with Gasteiger partial charge in [0.25, 0.3) is 0 Å². The average Bonchev–Trinajstić information content (AvgIpc) is 2.83. The molecular formula is C22H28N4O8. The van der Waals surface area contributed by atoms with E-state index in [0.29, 0.717) is 39.3 Å². The van der Waals surface area contributed by atoms with Crippen LogP contribution in [0.2, 0.25) is 0 Å². The predicted molar refractivity (Wildman–Crippen MR) is 122 cm³/mol. The van der Waals surface area contributed by atoms with Gasteiger partial charge in [0.15, 0.2) is 11.5 Å². The Labute approximate surface area is 196 Å². The second kappa shape index (κ2) is 12.2. The minimum absolute atomic E-state index is 0.0628. The molecule has 1 heterocycles. The first-order valence-corrected chi connectivity index (χ1v) is 10.9. The topological polar surface area (TPSA) is 152 Å². The number of piperazine rings is 1. The van der Waals surface area contributed by atoms with Gasteiger partial charge in [-0.05, 0) is 12.1 Å². The lowest BCUT2D eigenvalue weighted by Gasteiger charge is -2.36. The summed E-state index contributed by atoms with van der Waals surface area (Å²) in [5, 5.41) is 42.7. The van der Waals surface area contributed by atoms with Crippen molar-refractivity contribution in [3.05, 3.63) is 68.8 Å². The van der Waals surface area contributed by atoms with E-state index in [-0.39, 0.29) is 36.1 Å². The molecule has 0 aromatic heterocycles. The summed E-state index contributed by atoms with van der Waals surface area (Å²) in [7, 11) is 0. The van der Waals surface area contributed by atoms with Gasteiger partial charge in [-0.2, -0.15) is 0 Å². The van der Waals surface area contributed by atoms with Crippen LogP contribution in [-0.4, -0.2) is 94.5 Å². The van der Waals surface area contributed by atoms with Gasteiger partial charge >= 0.3 is 11.4 Å². The molecule has 2 atom stereocenters. The number of ether oxygens (including phenoxy) is 2. The van der Waals surface area contributed by atoms with E-state index in [1.54, 1.807) is 24.3 Å². The third kappa shape index (κ3) is 7.35. The van der Waals surface area contributed by atoms with E-state index in [1.807, 2.05) is 0 Å². The molecule has 2 aromatic rings. The van der Waals surface area contributed by atoms with Gasteiger partial charge in [-0.15, -0.1) is 0 Å². The van der Waals surface area contributed by atoms with Crippen LogP contribution in [0.25, 0.3) is 0 Å². The number of hydrogen-bond donors (Lipinski definition) is 2. The summed E-state index contributed by atoms with van der Waals surface area (Å²) >= 11 is 0. The normalized spacial score (nSPS) is 16.5. The van der Waals surface area contributed by atoms with Gasteiger partial charge in [-0.3, -0.25) is 30.0 Å². The molecule has 0 saturated carbocycles. The molecule has 0 unspecified atom stereocenters. The zero-order valence-electron chi connectivity index (χ0n) is 18.6. The Morgan fingerprint density at radius 2 is 1.09 bits per heavy atom. The van der Waals surface area contributed by atoms with Crippen molar-refractivity contribution >= 4 is 11.4 Å². The first kappa shape index (κ1) is 25.3. The van der Waals surface area contributed by atoms with Gasteiger partial charge in [0.2, 0.25) is 0 Å². The molecule has 1 aliphatic rings. The molecule has 2 N–H and O–H groups in total. The summed E-state index contributed by atoms with van der Waals surface area (Å²) in [4.78, 5) is 25.1. The van der Waals surface area contributed by atoms with Crippen LogP contribution in [0.5, 0.6) is 11.5 Å². The molecule has 0 radical (unpaired) electrons. The molecule has 0 bridgehead atoms. The van der Waals surface area contributed by atoms with Crippen molar-refractivity contribution in [1.82, 2.24) is 9.80 Å². The summed E-state index contributed by atoms with van der Waals surface area (Å²) in [6.07, 6.45) is -1.63. The fraction of sp³-hybridized carbons (Fsp3) is 0.455. The van der Waals surface area contributed by atoms with E-state index in [0.717, 1.165) is 0 Å². The van der Waals surface area contributed by atoms with E-state index in [2.05, 4.69) is 9.80 Å². The number of benzene rings is 2. The highest BCUT2D eigenvalue weighted by molar-refractivity contribution is 5.46. The Hall–Kier alpha value is -3.32. The Bertz CT molecular complexity index is 890. The fourth-order valence-electron chi connectivity index (χ4n) is 3.69. The molecular weight excluding hydrogens is 448 g/mol. The molecule has 12 nitrogen and oxygen atoms in total. The lowest BCUT2D eigenvalue weighted by atomic mass is 10.2. The van der Waals surface area contributed by atoms with Gasteiger partial charge in [0.05, 0.1) is 9.85 Å². The molecule has 0 aliphatic carbocycles. The fourth-order valence-corrected chi connectivity index (χ4v) is 3.69. The maximum atomic E-state index is 11.0. The maximum Gasteiger partial charge on any atom is 0.310 e. The minimum Gasteiger partial charge on any atom is -0.484 e. The number of nitrogens with zero attached hydrogens (tertiary/aromatic N) is 4. The molecule has 12 heteroatoms. The number of rotatable bonds is 12. The van der Waals surface area contributed by atoms with E-state index < -0.39 is 22.1 Å². The molecule has 34 heavy (non-hydrogen) atoms. The Morgan fingerprint density at radius 3 is 1.44 bits per heavy atom. The maximum absolute atomic E-state index is 11.0. The van der Waals surface area contributed by atoms with Crippen LogP contribution in [-0.2, 0) is 0 Å². The summed E-state index contributed by atoms with van der Waals surface area (Å²) in [5.74, 6) is 0.238. The minimum atomic E-state index is -0.813. The van der Waals surface area contributed by atoms with E-state index in [1.165, 1.54) is 24.3 Å². The van der Waals surface area contributed by atoms with Gasteiger partial charge in [0.1, 0.15) is 25.4 Å². The summed E-state index contributed by atoms with van der Waals surface area (Å²) < 4.78 is 10.9. The summed E-state index contributed by atoms with van der Waals surface area (Å²) in [6.45, 7) is 3.26. The van der Waals surface area contributed by atoms with Crippen molar-refractivity contribution in [2.24, 2.45) is 0 Å². The SMILES string of the molecule is O=[N+]([O-])c1ccccc1OC[C@@H](O)CN1CCN(C[C@H](O)COc2ccccc2[N+](=O)[O-])CC1. The first-order chi connectivity index (χ1) is 16.3. The van der Waals surface area contributed by atoms with Crippen LogP contribution in [0.4, 0.5) is 11.4 Å². The van der Waals surface area contributed by atoms with Crippen LogP contribution in [0.15, 0.2) is 48.5 Å². The van der Waals surface area contributed by atoms with Gasteiger partial charge < -0.3 is 19.7 Å². The highest BCUT2D eigenvalue weighted by Gasteiger charge is 2.23. The van der Waals surface area contributed by atoms with Crippen molar-refractivity contribution in [2.75, 3.05) is 52.5 Å². The monoisotopic (exact) mass is 476 g/mol. The van der Waals surface area contributed by atoms with Crippen molar-refractivity contribution in [2.45, 2.75) is 12.2 Å². The highest BCUT2D eigenvalue weighted by atomic mass is 16.6. The molecule has 2 aromatic carbocycles. The smallest absolute Gasteiger partial charge is 0.310 e. The molecule has 1 fully saturated rings. The number of nitro groups is 2. The van der Waals surface area contributed by atoms with Crippen molar-refractivity contribution in [1.29, 1.82) is 0 Å². The predicted octanol–water partition coefficient (Wildman–Crippen LogP) is 1.30. The largest absolute Gasteiger partial charge is 0.484 e. The van der Waals surface area contributed by atoms with E-state index in [9.17, 15) is 30.4 Å². The lowest BCUT2D eigenvalue weighted by molar-refractivity contribution is -0.386. The first-order valence-electron chi connectivity index (χ1n) is 10.9. The van der Waals surface area contributed by atoms with Crippen LogP contribution < -0.4 is 9.47 Å².